The largest absolute Gasteiger partial charge is 0.469 e. The Morgan fingerprint density at radius 2 is 1.75 bits per heavy atom. The second kappa shape index (κ2) is 9.03. The number of aliphatic hydroxyl groups is 1. The van der Waals surface area contributed by atoms with Crippen molar-refractivity contribution in [2.45, 2.75) is 32.0 Å². The Morgan fingerprint density at radius 3 is 2.32 bits per heavy atom. The van der Waals surface area contributed by atoms with E-state index < -0.39 is 29.7 Å². The highest BCUT2D eigenvalue weighted by molar-refractivity contribution is 6.09. The van der Waals surface area contributed by atoms with Gasteiger partial charge in [-0.05, 0) is 25.5 Å². The van der Waals surface area contributed by atoms with E-state index in [-0.39, 0.29) is 18.0 Å². The molecule has 2 rings (SSSR count). The van der Waals surface area contributed by atoms with E-state index >= 15 is 0 Å². The van der Waals surface area contributed by atoms with E-state index in [1.165, 1.54) is 26.2 Å². The number of rotatable bonds is 8. The van der Waals surface area contributed by atoms with Crippen molar-refractivity contribution in [2.24, 2.45) is 0 Å². The summed E-state index contributed by atoms with van der Waals surface area (Å²) in [5.41, 5.74) is 0.675. The summed E-state index contributed by atoms with van der Waals surface area (Å²) in [6.45, 7) is 3.10. The topological polar surface area (TPSA) is 72.8 Å². The first-order valence-corrected chi connectivity index (χ1v) is 8.72. The molecule has 2 aromatic rings. The van der Waals surface area contributed by atoms with Gasteiger partial charge in [0.1, 0.15) is 0 Å². The van der Waals surface area contributed by atoms with Crippen molar-refractivity contribution in [2.75, 3.05) is 13.7 Å². The number of halogens is 2. The van der Waals surface area contributed by atoms with Crippen LogP contribution in [0.3, 0.4) is 0 Å². The van der Waals surface area contributed by atoms with Gasteiger partial charge >= 0.3 is 11.9 Å². The number of methoxy groups -OCH3 is 1. The van der Waals surface area contributed by atoms with Gasteiger partial charge in [0.2, 0.25) is 6.29 Å². The van der Waals surface area contributed by atoms with Gasteiger partial charge in [-0.25, -0.2) is 0 Å². The molecule has 0 aliphatic rings. The lowest BCUT2D eigenvalue weighted by molar-refractivity contribution is -0.238. The maximum atomic E-state index is 14.1. The summed E-state index contributed by atoms with van der Waals surface area (Å²) < 4.78 is 37.6. The molecule has 0 aromatic heterocycles. The molecule has 5 nitrogen and oxygen atoms in total. The molecule has 7 heteroatoms. The predicted molar refractivity (Wildman–Crippen MR) is 98.3 cm³/mol. The minimum atomic E-state index is -3.60. The number of carbonyl (C=O) groups is 2. The van der Waals surface area contributed by atoms with Crippen LogP contribution >= 0.6 is 0 Å². The van der Waals surface area contributed by atoms with E-state index in [1.807, 2.05) is 0 Å². The number of carbonyl (C=O) groups excluding carboxylic acids is 2. The lowest BCUT2D eigenvalue weighted by Crippen LogP contribution is -2.33. The minimum absolute atomic E-state index is 0.0618. The van der Waals surface area contributed by atoms with Gasteiger partial charge in [0.15, 0.2) is 5.78 Å². The molecular formula is C21H22F2O5. The Kier molecular flexibility index (Phi) is 6.99. The van der Waals surface area contributed by atoms with Gasteiger partial charge in [-0.2, -0.15) is 8.78 Å². The van der Waals surface area contributed by atoms with Crippen LogP contribution in [-0.4, -0.2) is 36.9 Å². The van der Waals surface area contributed by atoms with Crippen molar-refractivity contribution < 1.29 is 33.0 Å². The lowest BCUT2D eigenvalue weighted by Gasteiger charge is -2.22. The third-order valence-corrected chi connectivity index (χ3v) is 4.37. The van der Waals surface area contributed by atoms with Gasteiger partial charge in [-0.15, -0.1) is 0 Å². The highest BCUT2D eigenvalue weighted by atomic mass is 19.3. The van der Waals surface area contributed by atoms with Gasteiger partial charge in [-0.3, -0.25) is 9.59 Å². The van der Waals surface area contributed by atoms with Crippen LogP contribution in [0.15, 0.2) is 48.5 Å². The first-order chi connectivity index (χ1) is 13.2. The third kappa shape index (κ3) is 4.61. The highest BCUT2D eigenvalue weighted by Gasteiger charge is 2.41. The average molecular weight is 392 g/mol. The third-order valence-electron chi connectivity index (χ3n) is 4.37. The van der Waals surface area contributed by atoms with E-state index in [0.29, 0.717) is 11.1 Å². The number of alkyl halides is 2. The van der Waals surface area contributed by atoms with Gasteiger partial charge in [0.05, 0.1) is 13.0 Å². The molecule has 0 amide bonds. The fourth-order valence-corrected chi connectivity index (χ4v) is 2.68. The number of benzene rings is 2. The lowest BCUT2D eigenvalue weighted by atomic mass is 9.95. The quantitative estimate of drug-likeness (QED) is 0.422. The maximum Gasteiger partial charge on any atom is 0.322 e. The Hall–Kier alpha value is -2.64. The monoisotopic (exact) mass is 392 g/mol. The molecule has 150 valence electrons. The first-order valence-electron chi connectivity index (χ1n) is 8.72. The summed E-state index contributed by atoms with van der Waals surface area (Å²) in [4.78, 5) is 24.4. The van der Waals surface area contributed by atoms with Gasteiger partial charge in [0, 0.05) is 23.3 Å². The summed E-state index contributed by atoms with van der Waals surface area (Å²) in [6.07, 6.45) is -2.27. The molecule has 2 aromatic carbocycles. The molecule has 0 aliphatic heterocycles. The van der Waals surface area contributed by atoms with Crippen LogP contribution in [-0.2, 0) is 20.2 Å². The molecule has 2 atom stereocenters. The Morgan fingerprint density at radius 1 is 1.11 bits per heavy atom. The normalized spacial score (nSPS) is 13.6. The molecule has 0 saturated heterocycles. The summed E-state index contributed by atoms with van der Waals surface area (Å²) >= 11 is 0. The van der Waals surface area contributed by atoms with Crippen molar-refractivity contribution in [1.82, 2.24) is 0 Å². The standard InChI is InChI=1S/C21H22F2O5/c1-4-28-20(26)21(22,23)17-10-8-14(9-11-17)18(24)16-7-5-6-15(12-16)13(2)19(25)27-3/h5-13,20,26H,4H2,1-3H3. The summed E-state index contributed by atoms with van der Waals surface area (Å²) in [6, 6.07) is 11.2. The molecule has 1 N–H and O–H groups in total. The first kappa shape index (κ1) is 21.7. The van der Waals surface area contributed by atoms with Crippen LogP contribution in [0, 0.1) is 0 Å². The fourth-order valence-electron chi connectivity index (χ4n) is 2.68. The molecule has 0 saturated carbocycles. The smallest absolute Gasteiger partial charge is 0.322 e. The molecule has 0 bridgehead atoms. The Labute approximate surface area is 161 Å². The Balaban J connectivity index is 2.25. The van der Waals surface area contributed by atoms with Crippen molar-refractivity contribution in [3.8, 4) is 0 Å². The van der Waals surface area contributed by atoms with Crippen LogP contribution in [0.2, 0.25) is 0 Å². The average Bonchev–Trinajstić information content (AvgIpc) is 2.72. The number of aliphatic hydroxyl groups excluding tert-OH is 1. The number of hydrogen-bond acceptors (Lipinski definition) is 5. The summed E-state index contributed by atoms with van der Waals surface area (Å²) in [7, 11) is 1.29. The molecule has 0 fully saturated rings. The number of ether oxygens (including phenoxy) is 2. The summed E-state index contributed by atoms with van der Waals surface area (Å²) in [5.74, 6) is -4.95. The summed E-state index contributed by atoms with van der Waals surface area (Å²) in [5, 5.41) is 9.46. The molecule has 0 aliphatic carbocycles. The van der Waals surface area contributed by atoms with Crippen molar-refractivity contribution in [1.29, 1.82) is 0 Å². The minimum Gasteiger partial charge on any atom is -0.469 e. The van der Waals surface area contributed by atoms with Crippen LogP contribution in [0.1, 0.15) is 46.8 Å². The van der Waals surface area contributed by atoms with Crippen LogP contribution in [0.25, 0.3) is 0 Å². The van der Waals surface area contributed by atoms with E-state index in [4.69, 9.17) is 4.74 Å². The van der Waals surface area contributed by atoms with Crippen LogP contribution in [0.4, 0.5) is 8.78 Å². The van der Waals surface area contributed by atoms with Gasteiger partial charge < -0.3 is 14.6 Å². The van der Waals surface area contributed by atoms with E-state index in [0.717, 1.165) is 12.1 Å². The molecule has 2 unspecified atom stereocenters. The zero-order valence-corrected chi connectivity index (χ0v) is 15.8. The van der Waals surface area contributed by atoms with Crippen LogP contribution in [0.5, 0.6) is 0 Å². The second-order valence-electron chi connectivity index (χ2n) is 6.21. The predicted octanol–water partition coefficient (Wildman–Crippen LogP) is 3.64. The number of esters is 1. The molecule has 28 heavy (non-hydrogen) atoms. The van der Waals surface area contributed by atoms with E-state index in [2.05, 4.69) is 4.74 Å². The molecule has 0 radical (unpaired) electrons. The molecular weight excluding hydrogens is 370 g/mol. The zero-order chi connectivity index (χ0) is 20.9. The number of hydrogen-bond donors (Lipinski definition) is 1. The van der Waals surface area contributed by atoms with Crippen molar-refractivity contribution in [3.05, 3.63) is 70.8 Å². The SMILES string of the molecule is CCOC(O)C(F)(F)c1ccc(C(=O)c2cccc(C(C)C(=O)OC)c2)cc1. The van der Waals surface area contributed by atoms with Crippen LogP contribution < -0.4 is 0 Å². The zero-order valence-electron chi connectivity index (χ0n) is 15.8. The maximum absolute atomic E-state index is 14.1. The van der Waals surface area contributed by atoms with Gasteiger partial charge in [-0.1, -0.05) is 42.5 Å². The Bertz CT molecular complexity index is 833. The second-order valence-corrected chi connectivity index (χ2v) is 6.21. The van der Waals surface area contributed by atoms with Crippen molar-refractivity contribution >= 4 is 11.8 Å². The van der Waals surface area contributed by atoms with E-state index in [9.17, 15) is 23.5 Å². The highest BCUT2D eigenvalue weighted by Crippen LogP contribution is 2.32. The van der Waals surface area contributed by atoms with Crippen molar-refractivity contribution in [3.63, 3.8) is 0 Å². The van der Waals surface area contributed by atoms with Gasteiger partial charge in [0.25, 0.3) is 0 Å². The number of ketones is 1. The molecule has 0 spiro atoms. The molecule has 0 heterocycles. The van der Waals surface area contributed by atoms with E-state index in [1.54, 1.807) is 31.2 Å². The fraction of sp³-hybridized carbons (Fsp3) is 0.333.